The van der Waals surface area contributed by atoms with E-state index in [0.717, 1.165) is 32.7 Å². The van der Waals surface area contributed by atoms with Crippen molar-refractivity contribution in [3.63, 3.8) is 0 Å². The zero-order chi connectivity index (χ0) is 16.1. The third-order valence-corrected chi connectivity index (χ3v) is 4.47. The lowest BCUT2D eigenvalue weighted by Crippen LogP contribution is -2.16. The summed E-state index contributed by atoms with van der Waals surface area (Å²) in [4.78, 5) is 0. The van der Waals surface area contributed by atoms with Crippen molar-refractivity contribution in [1.82, 2.24) is 0 Å². The van der Waals surface area contributed by atoms with Gasteiger partial charge in [0, 0.05) is 11.1 Å². The van der Waals surface area contributed by atoms with Gasteiger partial charge in [0.1, 0.15) is 11.5 Å². The minimum absolute atomic E-state index is 0.497. The number of alkyl halides is 1. The van der Waals surface area contributed by atoms with Crippen LogP contribution >= 0.6 is 0 Å². The smallest absolute Gasteiger partial charge is 0.396 e. The normalized spacial score (nSPS) is 13.7. The van der Waals surface area contributed by atoms with Crippen molar-refractivity contribution < 1.29 is 13.9 Å². The molecule has 0 aliphatic carbocycles. The molecule has 4 aromatic rings. The summed E-state index contributed by atoms with van der Waals surface area (Å²) in [5.74, 6) is 0.993. The highest BCUT2D eigenvalue weighted by Crippen LogP contribution is 2.47. The van der Waals surface area contributed by atoms with Crippen molar-refractivity contribution in [2.75, 3.05) is 0 Å². The molecule has 0 N–H and O–H groups in total. The van der Waals surface area contributed by atoms with Crippen LogP contribution in [-0.2, 0) is 0 Å². The van der Waals surface area contributed by atoms with Crippen LogP contribution in [0.2, 0.25) is 0 Å². The quantitative estimate of drug-likeness (QED) is 0.415. The molecule has 0 radical (unpaired) electrons. The monoisotopic (exact) mass is 316 g/mol. The molecule has 0 unspecified atom stereocenters. The van der Waals surface area contributed by atoms with E-state index in [0.29, 0.717) is 11.5 Å². The zero-order valence-electron chi connectivity index (χ0n) is 12.7. The Morgan fingerprint density at radius 3 is 1.54 bits per heavy atom. The molecule has 0 spiro atoms. The van der Waals surface area contributed by atoms with E-state index in [1.54, 1.807) is 0 Å². The predicted octanol–water partition coefficient (Wildman–Crippen LogP) is 5.68. The van der Waals surface area contributed by atoms with Crippen molar-refractivity contribution in [2.45, 2.75) is 6.54 Å². The summed E-state index contributed by atoms with van der Waals surface area (Å²) in [7, 11) is 0. The number of benzene rings is 4. The molecule has 24 heavy (non-hydrogen) atoms. The number of fused-ring (bicyclic) bond motifs is 7. The molecule has 0 fully saturated rings. The fourth-order valence-corrected chi connectivity index (χ4v) is 3.44. The lowest BCUT2D eigenvalue weighted by atomic mass is 9.92. The van der Waals surface area contributed by atoms with Crippen molar-refractivity contribution in [2.24, 2.45) is 0 Å². The van der Waals surface area contributed by atoms with Crippen molar-refractivity contribution in [1.29, 1.82) is 0 Å². The van der Waals surface area contributed by atoms with Crippen molar-refractivity contribution in [3.05, 3.63) is 72.8 Å². The summed E-state index contributed by atoms with van der Waals surface area (Å²) in [5, 5.41) is 4.20. The van der Waals surface area contributed by atoms with Gasteiger partial charge in [-0.15, -0.1) is 0 Å². The lowest BCUT2D eigenvalue weighted by Gasteiger charge is -2.13. The number of hydrogen-bond donors (Lipinski definition) is 0. The van der Waals surface area contributed by atoms with Gasteiger partial charge in [-0.05, 0) is 33.7 Å². The highest BCUT2D eigenvalue weighted by atomic mass is 19.2. The van der Waals surface area contributed by atoms with Crippen LogP contribution in [0.4, 0.5) is 4.39 Å². The molecule has 5 rings (SSSR count). The van der Waals surface area contributed by atoms with E-state index in [4.69, 9.17) is 9.47 Å². The van der Waals surface area contributed by atoms with Gasteiger partial charge < -0.3 is 9.47 Å². The van der Waals surface area contributed by atoms with E-state index < -0.39 is 6.54 Å². The van der Waals surface area contributed by atoms with Gasteiger partial charge in [-0.3, -0.25) is 0 Å². The molecule has 0 saturated carbocycles. The van der Waals surface area contributed by atoms with Crippen LogP contribution < -0.4 is 9.47 Å². The molecule has 2 nitrogen and oxygen atoms in total. The maximum Gasteiger partial charge on any atom is 0.396 e. The molecule has 0 atom stereocenters. The minimum atomic E-state index is -1.83. The summed E-state index contributed by atoms with van der Waals surface area (Å²) in [6, 6.07) is 23.6. The summed E-state index contributed by atoms with van der Waals surface area (Å²) in [6.45, 7) is -1.83. The van der Waals surface area contributed by atoms with E-state index in [2.05, 4.69) is 0 Å². The Balaban J connectivity index is 2.00. The standard InChI is InChI=1S/C21H13FO2/c22-21-23-17-11-9-13-5-1-3-7-15(13)19(17)20-16-8-4-2-6-14(16)10-12-18(20)24-21/h1-12,21H. The molecule has 116 valence electrons. The second kappa shape index (κ2) is 4.96. The fourth-order valence-electron chi connectivity index (χ4n) is 3.44. The third-order valence-electron chi connectivity index (χ3n) is 4.47. The molecule has 1 aliphatic rings. The third kappa shape index (κ3) is 1.88. The first-order valence-corrected chi connectivity index (χ1v) is 7.82. The van der Waals surface area contributed by atoms with Gasteiger partial charge in [0.15, 0.2) is 0 Å². The van der Waals surface area contributed by atoms with Crippen LogP contribution in [0, 0.1) is 0 Å². The van der Waals surface area contributed by atoms with Gasteiger partial charge in [0.05, 0.1) is 0 Å². The van der Waals surface area contributed by atoms with E-state index in [-0.39, 0.29) is 0 Å². The number of ether oxygens (including phenoxy) is 2. The average Bonchev–Trinajstić information content (AvgIpc) is 2.77. The highest BCUT2D eigenvalue weighted by molar-refractivity contribution is 6.09. The molecule has 0 bridgehead atoms. The molecule has 4 aromatic carbocycles. The van der Waals surface area contributed by atoms with Crippen molar-refractivity contribution in [3.8, 4) is 22.6 Å². The van der Waals surface area contributed by atoms with Gasteiger partial charge in [-0.1, -0.05) is 60.7 Å². The molecule has 1 aliphatic heterocycles. The average molecular weight is 316 g/mol. The number of halogens is 1. The van der Waals surface area contributed by atoms with Crippen LogP contribution in [0.1, 0.15) is 0 Å². The van der Waals surface area contributed by atoms with Crippen molar-refractivity contribution >= 4 is 21.5 Å². The first-order chi connectivity index (χ1) is 11.8. The Kier molecular flexibility index (Phi) is 2.77. The van der Waals surface area contributed by atoms with Gasteiger partial charge in [0.25, 0.3) is 0 Å². The molecular formula is C21H13FO2. The Bertz CT molecular complexity index is 1000. The Morgan fingerprint density at radius 1 is 0.583 bits per heavy atom. The van der Waals surface area contributed by atoms with E-state index in [1.807, 2.05) is 72.8 Å². The Morgan fingerprint density at radius 2 is 1.04 bits per heavy atom. The molecule has 3 heteroatoms. The van der Waals surface area contributed by atoms with Crippen LogP contribution in [0.3, 0.4) is 0 Å². The van der Waals surface area contributed by atoms with Gasteiger partial charge in [0.2, 0.25) is 0 Å². The topological polar surface area (TPSA) is 18.5 Å². The maximum atomic E-state index is 14.2. The summed E-state index contributed by atoms with van der Waals surface area (Å²) >= 11 is 0. The van der Waals surface area contributed by atoms with Crippen LogP contribution in [0.15, 0.2) is 72.8 Å². The first kappa shape index (κ1) is 13.4. The summed E-state index contributed by atoms with van der Waals surface area (Å²) < 4.78 is 25.0. The molecule has 1 heterocycles. The first-order valence-electron chi connectivity index (χ1n) is 7.82. The second-order valence-corrected chi connectivity index (χ2v) is 5.83. The largest absolute Gasteiger partial charge is 0.428 e. The second-order valence-electron chi connectivity index (χ2n) is 5.83. The molecular weight excluding hydrogens is 303 g/mol. The van der Waals surface area contributed by atoms with Gasteiger partial charge >= 0.3 is 6.54 Å². The SMILES string of the molecule is FC1Oc2ccc3ccccc3c2-c2c(ccc3ccccc23)O1. The van der Waals surface area contributed by atoms with E-state index in [1.165, 1.54) is 0 Å². The Hall–Kier alpha value is -3.07. The van der Waals surface area contributed by atoms with Crippen LogP contribution in [0.25, 0.3) is 32.7 Å². The summed E-state index contributed by atoms with van der Waals surface area (Å²) in [5.41, 5.74) is 1.75. The minimum Gasteiger partial charge on any atom is -0.428 e. The lowest BCUT2D eigenvalue weighted by molar-refractivity contribution is -0.0953. The van der Waals surface area contributed by atoms with E-state index in [9.17, 15) is 4.39 Å². The number of hydrogen-bond acceptors (Lipinski definition) is 2. The Labute approximate surface area is 138 Å². The van der Waals surface area contributed by atoms with Crippen LogP contribution in [0.5, 0.6) is 11.5 Å². The number of rotatable bonds is 0. The van der Waals surface area contributed by atoms with Gasteiger partial charge in [-0.25, -0.2) is 0 Å². The van der Waals surface area contributed by atoms with Gasteiger partial charge in [-0.2, -0.15) is 4.39 Å². The maximum absolute atomic E-state index is 14.2. The molecule has 0 saturated heterocycles. The molecule has 0 amide bonds. The fraction of sp³-hybridized carbons (Fsp3) is 0.0476. The van der Waals surface area contributed by atoms with Crippen LogP contribution in [-0.4, -0.2) is 6.54 Å². The van der Waals surface area contributed by atoms with E-state index >= 15 is 0 Å². The molecule has 0 aromatic heterocycles. The highest BCUT2D eigenvalue weighted by Gasteiger charge is 2.26. The predicted molar refractivity (Wildman–Crippen MR) is 93.0 cm³/mol. The zero-order valence-corrected chi connectivity index (χ0v) is 12.7. The summed E-state index contributed by atoms with van der Waals surface area (Å²) in [6.07, 6.45) is 0.